The molecule has 1 unspecified atom stereocenters. The van der Waals surface area contributed by atoms with Crippen LogP contribution in [-0.4, -0.2) is 36.4 Å². The molecule has 0 aliphatic heterocycles. The molecule has 0 fully saturated rings. The van der Waals surface area contributed by atoms with Gasteiger partial charge in [0.05, 0.1) is 19.2 Å². The van der Waals surface area contributed by atoms with Gasteiger partial charge < -0.3 is 5.11 Å². The lowest BCUT2D eigenvalue weighted by Crippen LogP contribution is -2.35. The van der Waals surface area contributed by atoms with Crippen molar-refractivity contribution in [1.29, 1.82) is 0 Å². The molecule has 1 rings (SSSR count). The Morgan fingerprint density at radius 2 is 2.06 bits per heavy atom. The van der Waals surface area contributed by atoms with Crippen LogP contribution in [0.3, 0.4) is 0 Å². The molecule has 2 nitrogen and oxygen atoms in total. The van der Waals surface area contributed by atoms with E-state index < -0.39 is 18.8 Å². The van der Waals surface area contributed by atoms with Gasteiger partial charge in [0.25, 0.3) is 0 Å². The first kappa shape index (κ1) is 14.5. The highest BCUT2D eigenvalue weighted by molar-refractivity contribution is 9.10. The van der Waals surface area contributed by atoms with Gasteiger partial charge in [-0.2, -0.15) is 13.2 Å². The predicted molar refractivity (Wildman–Crippen MR) is 62.7 cm³/mol. The number of rotatable bonds is 4. The molecule has 0 aromatic heterocycles. The maximum Gasteiger partial charge on any atom is 0.401 e. The predicted octanol–water partition coefficient (Wildman–Crippen LogP) is 2.98. The monoisotopic (exact) mass is 311 g/mol. The van der Waals surface area contributed by atoms with Gasteiger partial charge >= 0.3 is 6.18 Å². The lowest BCUT2D eigenvalue weighted by Gasteiger charge is -2.27. The second kappa shape index (κ2) is 5.84. The van der Waals surface area contributed by atoms with Gasteiger partial charge in [0, 0.05) is 4.47 Å². The standard InChI is InChI=1S/C11H13BrF3NO/c1-16(7-11(13,14)15)10(6-17)8-3-2-4-9(12)5-8/h2-5,10,17H,6-7H2,1H3. The summed E-state index contributed by atoms with van der Waals surface area (Å²) < 4.78 is 37.6. The van der Waals surface area contributed by atoms with Crippen molar-refractivity contribution in [2.75, 3.05) is 20.2 Å². The molecule has 6 heteroatoms. The van der Waals surface area contributed by atoms with Gasteiger partial charge in [-0.3, -0.25) is 4.90 Å². The van der Waals surface area contributed by atoms with E-state index in [0.29, 0.717) is 5.56 Å². The van der Waals surface area contributed by atoms with E-state index in [2.05, 4.69) is 15.9 Å². The highest BCUT2D eigenvalue weighted by Gasteiger charge is 2.32. The molecule has 0 heterocycles. The van der Waals surface area contributed by atoms with E-state index in [0.717, 1.165) is 9.37 Å². The van der Waals surface area contributed by atoms with Gasteiger partial charge in [-0.1, -0.05) is 28.1 Å². The summed E-state index contributed by atoms with van der Waals surface area (Å²) in [6, 6.07) is 6.24. The normalized spacial score (nSPS) is 14.1. The number of halogens is 4. The minimum absolute atomic E-state index is 0.358. The van der Waals surface area contributed by atoms with E-state index in [-0.39, 0.29) is 6.61 Å². The number of hydrogen-bond donors (Lipinski definition) is 1. The first-order valence-electron chi connectivity index (χ1n) is 4.97. The smallest absolute Gasteiger partial charge is 0.394 e. The molecule has 0 saturated heterocycles. The van der Waals surface area contributed by atoms with E-state index in [1.165, 1.54) is 7.05 Å². The quantitative estimate of drug-likeness (QED) is 0.924. The molecular weight excluding hydrogens is 299 g/mol. The van der Waals surface area contributed by atoms with Gasteiger partial charge in [-0.05, 0) is 24.7 Å². The molecule has 0 amide bonds. The van der Waals surface area contributed by atoms with Crippen LogP contribution >= 0.6 is 15.9 Å². The summed E-state index contributed by atoms with van der Waals surface area (Å²) in [5.41, 5.74) is 0.647. The summed E-state index contributed by atoms with van der Waals surface area (Å²) in [6.07, 6.45) is -4.27. The number of nitrogens with zero attached hydrogens (tertiary/aromatic N) is 1. The van der Waals surface area contributed by atoms with Crippen molar-refractivity contribution in [3.8, 4) is 0 Å². The first-order chi connectivity index (χ1) is 7.83. The Hall–Kier alpha value is -0.590. The van der Waals surface area contributed by atoms with Crippen molar-refractivity contribution < 1.29 is 18.3 Å². The third-order valence-corrected chi connectivity index (χ3v) is 2.86. The first-order valence-corrected chi connectivity index (χ1v) is 5.76. The Bertz CT molecular complexity index is 370. The zero-order chi connectivity index (χ0) is 13.1. The van der Waals surface area contributed by atoms with Crippen molar-refractivity contribution in [1.82, 2.24) is 4.90 Å². The summed E-state index contributed by atoms with van der Waals surface area (Å²) in [6.45, 7) is -1.41. The topological polar surface area (TPSA) is 23.5 Å². The maximum absolute atomic E-state index is 12.3. The number of alkyl halides is 3. The molecule has 0 aliphatic carbocycles. The molecule has 0 spiro atoms. The van der Waals surface area contributed by atoms with Gasteiger partial charge in [0.1, 0.15) is 0 Å². The summed E-state index contributed by atoms with van der Waals surface area (Å²) in [4.78, 5) is 1.09. The number of hydrogen-bond acceptors (Lipinski definition) is 2. The summed E-state index contributed by atoms with van der Waals surface area (Å²) in [7, 11) is 1.34. The third kappa shape index (κ3) is 4.65. The fourth-order valence-corrected chi connectivity index (χ4v) is 2.02. The van der Waals surface area contributed by atoms with Crippen molar-refractivity contribution in [2.24, 2.45) is 0 Å². The van der Waals surface area contributed by atoms with Crippen LogP contribution in [0.5, 0.6) is 0 Å². The Labute approximate surface area is 106 Å². The highest BCUT2D eigenvalue weighted by Crippen LogP contribution is 2.25. The Balaban J connectivity index is 2.84. The molecule has 1 N–H and O–H groups in total. The zero-order valence-electron chi connectivity index (χ0n) is 9.21. The fourth-order valence-electron chi connectivity index (χ4n) is 1.61. The van der Waals surface area contributed by atoms with Crippen LogP contribution in [0.25, 0.3) is 0 Å². The average molecular weight is 312 g/mol. The van der Waals surface area contributed by atoms with Gasteiger partial charge in [0.15, 0.2) is 0 Å². The molecule has 1 aromatic carbocycles. The average Bonchev–Trinajstić information content (AvgIpc) is 2.15. The van der Waals surface area contributed by atoms with E-state index in [9.17, 15) is 18.3 Å². The number of aliphatic hydroxyl groups excluding tert-OH is 1. The van der Waals surface area contributed by atoms with Gasteiger partial charge in [0.2, 0.25) is 0 Å². The minimum Gasteiger partial charge on any atom is -0.394 e. The van der Waals surface area contributed by atoms with Crippen LogP contribution in [-0.2, 0) is 0 Å². The molecule has 1 atom stereocenters. The van der Waals surface area contributed by atoms with Crippen LogP contribution < -0.4 is 0 Å². The van der Waals surface area contributed by atoms with E-state index in [1.807, 2.05) is 0 Å². The van der Waals surface area contributed by atoms with E-state index >= 15 is 0 Å². The van der Waals surface area contributed by atoms with Crippen LogP contribution in [0.2, 0.25) is 0 Å². The van der Waals surface area contributed by atoms with Crippen LogP contribution in [0.15, 0.2) is 28.7 Å². The lowest BCUT2D eigenvalue weighted by molar-refractivity contribution is -0.149. The summed E-state index contributed by atoms with van der Waals surface area (Å²) in [5.74, 6) is 0. The Morgan fingerprint density at radius 3 is 2.53 bits per heavy atom. The molecule has 0 radical (unpaired) electrons. The van der Waals surface area contributed by atoms with Gasteiger partial charge in [-0.15, -0.1) is 0 Å². The van der Waals surface area contributed by atoms with Gasteiger partial charge in [-0.25, -0.2) is 0 Å². The Kier molecular flexibility index (Phi) is 4.97. The molecule has 0 bridgehead atoms. The number of aliphatic hydroxyl groups is 1. The second-order valence-corrected chi connectivity index (χ2v) is 4.70. The molecule has 96 valence electrons. The Morgan fingerprint density at radius 1 is 1.41 bits per heavy atom. The van der Waals surface area contributed by atoms with Crippen molar-refractivity contribution >= 4 is 15.9 Å². The summed E-state index contributed by atoms with van der Waals surface area (Å²) >= 11 is 3.25. The highest BCUT2D eigenvalue weighted by atomic mass is 79.9. The maximum atomic E-state index is 12.3. The largest absolute Gasteiger partial charge is 0.401 e. The zero-order valence-corrected chi connectivity index (χ0v) is 10.8. The van der Waals surface area contributed by atoms with Crippen molar-refractivity contribution in [3.05, 3.63) is 34.3 Å². The van der Waals surface area contributed by atoms with E-state index in [4.69, 9.17) is 0 Å². The van der Waals surface area contributed by atoms with E-state index in [1.54, 1.807) is 24.3 Å². The SMILES string of the molecule is CN(CC(F)(F)F)C(CO)c1cccc(Br)c1. The number of likely N-dealkylation sites (N-methyl/N-ethyl adjacent to an activating group) is 1. The molecule has 0 saturated carbocycles. The second-order valence-electron chi connectivity index (χ2n) is 3.78. The van der Waals surface area contributed by atoms with Crippen LogP contribution in [0.4, 0.5) is 13.2 Å². The summed E-state index contributed by atoms with van der Waals surface area (Å²) in [5, 5.41) is 9.21. The number of benzene rings is 1. The molecule has 1 aromatic rings. The third-order valence-electron chi connectivity index (χ3n) is 2.37. The minimum atomic E-state index is -4.27. The van der Waals surface area contributed by atoms with Crippen molar-refractivity contribution in [3.63, 3.8) is 0 Å². The molecule has 17 heavy (non-hydrogen) atoms. The molecular formula is C11H13BrF3NO. The fraction of sp³-hybridized carbons (Fsp3) is 0.455. The van der Waals surface area contributed by atoms with Crippen molar-refractivity contribution in [2.45, 2.75) is 12.2 Å². The van der Waals surface area contributed by atoms with Crippen LogP contribution in [0.1, 0.15) is 11.6 Å². The lowest BCUT2D eigenvalue weighted by atomic mass is 10.1. The van der Waals surface area contributed by atoms with Crippen LogP contribution in [0, 0.1) is 0 Å². The molecule has 0 aliphatic rings.